The van der Waals surface area contributed by atoms with Gasteiger partial charge in [0.1, 0.15) is 0 Å². The molecule has 27 heavy (non-hydrogen) atoms. The van der Waals surface area contributed by atoms with Crippen molar-refractivity contribution in [2.24, 2.45) is 5.41 Å². The van der Waals surface area contributed by atoms with Crippen LogP contribution in [0.1, 0.15) is 57.3 Å². The Balaban J connectivity index is 2.09. The Hall–Kier alpha value is -1.73. The van der Waals surface area contributed by atoms with Crippen LogP contribution in [0.5, 0.6) is 0 Å². The van der Waals surface area contributed by atoms with Crippen LogP contribution in [0.3, 0.4) is 0 Å². The molecule has 0 saturated carbocycles. The molecule has 2 rings (SSSR count). The van der Waals surface area contributed by atoms with Gasteiger partial charge in [0, 0.05) is 25.2 Å². The van der Waals surface area contributed by atoms with Gasteiger partial charge in [0.25, 0.3) is 0 Å². The van der Waals surface area contributed by atoms with Crippen molar-refractivity contribution in [3.05, 3.63) is 29.8 Å². The zero-order valence-corrected chi connectivity index (χ0v) is 17.7. The van der Waals surface area contributed by atoms with Gasteiger partial charge in [-0.05, 0) is 43.7 Å². The minimum absolute atomic E-state index is 0.0791. The first-order valence-corrected chi connectivity index (χ1v) is 10.7. The number of carbonyl (C=O) groups is 2. The van der Waals surface area contributed by atoms with E-state index in [9.17, 15) is 18.0 Å². The van der Waals surface area contributed by atoms with E-state index in [1.54, 1.807) is 0 Å². The van der Waals surface area contributed by atoms with Crippen molar-refractivity contribution in [2.45, 2.75) is 57.9 Å². The molecule has 1 heterocycles. The zero-order chi connectivity index (χ0) is 20.4. The molecule has 0 radical (unpaired) electrons. The number of hydrogen-bond donors (Lipinski definition) is 0. The molecular weight excluding hydrogens is 364 g/mol. The number of amides is 1. The Morgan fingerprint density at radius 1 is 1.19 bits per heavy atom. The number of rotatable bonds is 6. The van der Waals surface area contributed by atoms with E-state index in [4.69, 9.17) is 0 Å². The lowest BCUT2D eigenvalue weighted by Crippen LogP contribution is -2.44. The Labute approximate surface area is 162 Å². The first-order valence-electron chi connectivity index (χ1n) is 9.28. The van der Waals surface area contributed by atoms with E-state index in [-0.39, 0.29) is 34.6 Å². The second-order valence-electron chi connectivity index (χ2n) is 8.49. The number of nitrogens with zero attached hydrogens (tertiary/aromatic N) is 2. The molecule has 1 atom stereocenters. The van der Waals surface area contributed by atoms with Gasteiger partial charge in [0.05, 0.1) is 11.4 Å². The highest BCUT2D eigenvalue weighted by Gasteiger charge is 2.33. The van der Waals surface area contributed by atoms with Crippen molar-refractivity contribution in [2.75, 3.05) is 20.1 Å². The number of likely N-dealkylation sites (N-methyl/N-ethyl adjacent to an activating group) is 1. The molecule has 1 aliphatic heterocycles. The first kappa shape index (κ1) is 21.6. The summed E-state index contributed by atoms with van der Waals surface area (Å²) in [5.74, 6) is -0.283. The predicted octanol–water partition coefficient (Wildman–Crippen LogP) is 2.94. The van der Waals surface area contributed by atoms with Gasteiger partial charge in [-0.2, -0.15) is 4.31 Å². The number of hydrogen-bond acceptors (Lipinski definition) is 4. The highest BCUT2D eigenvalue weighted by atomic mass is 32.2. The van der Waals surface area contributed by atoms with Crippen molar-refractivity contribution in [1.82, 2.24) is 9.21 Å². The number of ketones is 1. The van der Waals surface area contributed by atoms with Crippen LogP contribution in [0, 0.1) is 5.41 Å². The van der Waals surface area contributed by atoms with Crippen LogP contribution in [0.2, 0.25) is 0 Å². The van der Waals surface area contributed by atoms with Crippen LogP contribution in [0.25, 0.3) is 0 Å². The van der Waals surface area contributed by atoms with Crippen molar-refractivity contribution in [3.63, 3.8) is 0 Å². The average Bonchev–Trinajstić information content (AvgIpc) is 3.00. The van der Waals surface area contributed by atoms with Crippen molar-refractivity contribution in [3.8, 4) is 0 Å². The quantitative estimate of drug-likeness (QED) is 0.695. The molecule has 0 bridgehead atoms. The standard InChI is InChI=1S/C20H30N2O4S/c1-15(23)16-8-10-18(11-9-16)27(25,26)21(5)14-19(24)22-12-6-7-17(22)13-20(2,3)4/h8-11,17H,6-7,12-14H2,1-5H3. The van der Waals surface area contributed by atoms with Gasteiger partial charge in [-0.15, -0.1) is 0 Å². The topological polar surface area (TPSA) is 74.8 Å². The third kappa shape index (κ3) is 5.39. The molecule has 0 N–H and O–H groups in total. The Morgan fingerprint density at radius 3 is 2.30 bits per heavy atom. The smallest absolute Gasteiger partial charge is 0.243 e. The third-order valence-electron chi connectivity index (χ3n) is 4.87. The molecule has 0 aromatic heterocycles. The molecule has 1 aliphatic rings. The lowest BCUT2D eigenvalue weighted by atomic mass is 9.87. The SMILES string of the molecule is CC(=O)c1ccc(S(=O)(=O)N(C)CC(=O)N2CCCC2CC(C)(C)C)cc1. The van der Waals surface area contributed by atoms with Gasteiger partial charge in [-0.1, -0.05) is 32.9 Å². The van der Waals surface area contributed by atoms with Gasteiger partial charge in [-0.3, -0.25) is 9.59 Å². The molecule has 0 aliphatic carbocycles. The maximum atomic E-state index is 12.7. The monoisotopic (exact) mass is 394 g/mol. The molecule has 7 heteroatoms. The molecule has 1 fully saturated rings. The largest absolute Gasteiger partial charge is 0.339 e. The predicted molar refractivity (Wildman–Crippen MR) is 105 cm³/mol. The van der Waals surface area contributed by atoms with E-state index in [0.717, 1.165) is 23.6 Å². The highest BCUT2D eigenvalue weighted by Crippen LogP contribution is 2.30. The third-order valence-corrected chi connectivity index (χ3v) is 6.69. The molecule has 0 spiro atoms. The summed E-state index contributed by atoms with van der Waals surface area (Å²) < 4.78 is 26.6. The summed E-state index contributed by atoms with van der Waals surface area (Å²) in [4.78, 5) is 26.0. The fraction of sp³-hybridized carbons (Fsp3) is 0.600. The number of carbonyl (C=O) groups excluding carboxylic acids is 2. The molecule has 1 saturated heterocycles. The van der Waals surface area contributed by atoms with Crippen LogP contribution in [-0.4, -0.2) is 55.5 Å². The van der Waals surface area contributed by atoms with Gasteiger partial charge < -0.3 is 4.90 Å². The number of sulfonamides is 1. The molecular formula is C20H30N2O4S. The fourth-order valence-corrected chi connectivity index (χ4v) is 4.61. The minimum atomic E-state index is -3.78. The summed E-state index contributed by atoms with van der Waals surface area (Å²) in [7, 11) is -2.37. The summed E-state index contributed by atoms with van der Waals surface area (Å²) in [5, 5.41) is 0. The second kappa shape index (κ2) is 8.10. The van der Waals surface area contributed by atoms with E-state index in [1.807, 2.05) is 4.90 Å². The van der Waals surface area contributed by atoms with Crippen LogP contribution in [0.4, 0.5) is 0 Å². The van der Waals surface area contributed by atoms with Crippen LogP contribution < -0.4 is 0 Å². The zero-order valence-electron chi connectivity index (χ0n) is 16.9. The van der Waals surface area contributed by atoms with Crippen molar-refractivity contribution < 1.29 is 18.0 Å². The Kier molecular flexibility index (Phi) is 6.47. The molecule has 150 valence electrons. The number of Topliss-reactive ketones (excluding diaryl/α,β-unsaturated/α-hetero) is 1. The number of likely N-dealkylation sites (tertiary alicyclic amines) is 1. The van der Waals surface area contributed by atoms with E-state index in [2.05, 4.69) is 20.8 Å². The summed E-state index contributed by atoms with van der Waals surface area (Å²) in [6, 6.07) is 5.97. The molecule has 1 unspecified atom stereocenters. The molecule has 6 nitrogen and oxygen atoms in total. The van der Waals surface area contributed by atoms with Crippen LogP contribution >= 0.6 is 0 Å². The van der Waals surface area contributed by atoms with E-state index >= 15 is 0 Å². The maximum absolute atomic E-state index is 12.7. The summed E-state index contributed by atoms with van der Waals surface area (Å²) in [6.45, 7) is 8.37. The van der Waals surface area contributed by atoms with Gasteiger partial charge in [-0.25, -0.2) is 8.42 Å². The average molecular weight is 395 g/mol. The second-order valence-corrected chi connectivity index (χ2v) is 10.5. The van der Waals surface area contributed by atoms with E-state index in [1.165, 1.54) is 38.2 Å². The van der Waals surface area contributed by atoms with Crippen molar-refractivity contribution >= 4 is 21.7 Å². The van der Waals surface area contributed by atoms with Gasteiger partial charge in [0.2, 0.25) is 15.9 Å². The fourth-order valence-electron chi connectivity index (χ4n) is 3.49. The minimum Gasteiger partial charge on any atom is -0.339 e. The van der Waals surface area contributed by atoms with Crippen LogP contribution in [0.15, 0.2) is 29.2 Å². The van der Waals surface area contributed by atoms with E-state index < -0.39 is 10.0 Å². The summed E-state index contributed by atoms with van der Waals surface area (Å²) in [6.07, 6.45) is 2.82. The highest BCUT2D eigenvalue weighted by molar-refractivity contribution is 7.89. The van der Waals surface area contributed by atoms with Crippen LogP contribution in [-0.2, 0) is 14.8 Å². The lowest BCUT2D eigenvalue weighted by Gasteiger charge is -2.31. The Morgan fingerprint density at radius 2 is 1.78 bits per heavy atom. The van der Waals surface area contributed by atoms with Gasteiger partial charge in [0.15, 0.2) is 5.78 Å². The lowest BCUT2D eigenvalue weighted by molar-refractivity contribution is -0.132. The first-order chi connectivity index (χ1) is 12.4. The molecule has 1 amide bonds. The summed E-state index contributed by atoms with van der Waals surface area (Å²) >= 11 is 0. The van der Waals surface area contributed by atoms with E-state index in [0.29, 0.717) is 12.1 Å². The molecule has 1 aromatic carbocycles. The van der Waals surface area contributed by atoms with Crippen molar-refractivity contribution in [1.29, 1.82) is 0 Å². The van der Waals surface area contributed by atoms with Gasteiger partial charge >= 0.3 is 0 Å². The maximum Gasteiger partial charge on any atom is 0.243 e. The molecule has 1 aromatic rings. The Bertz CT molecular complexity index is 794. The summed E-state index contributed by atoms with van der Waals surface area (Å²) in [5.41, 5.74) is 0.569. The number of benzene rings is 1. The normalized spacial score (nSPS) is 18.1.